The van der Waals surface area contributed by atoms with Crippen LogP contribution in [0.25, 0.3) is 22.7 Å². The van der Waals surface area contributed by atoms with Crippen molar-refractivity contribution in [1.82, 2.24) is 25.5 Å². The van der Waals surface area contributed by atoms with Gasteiger partial charge in [0.15, 0.2) is 0 Å². The zero-order valence-corrected chi connectivity index (χ0v) is 21.9. The van der Waals surface area contributed by atoms with Crippen molar-refractivity contribution in [2.45, 2.75) is 78.4 Å². The summed E-state index contributed by atoms with van der Waals surface area (Å²) in [6.07, 6.45) is 5.47. The van der Waals surface area contributed by atoms with Crippen LogP contribution in [0.4, 0.5) is 5.95 Å². The van der Waals surface area contributed by atoms with Gasteiger partial charge in [-0.15, -0.1) is 10.2 Å². The number of methoxy groups -OCH3 is 1. The van der Waals surface area contributed by atoms with E-state index >= 15 is 0 Å². The van der Waals surface area contributed by atoms with Gasteiger partial charge in [-0.2, -0.15) is 0 Å². The minimum absolute atomic E-state index is 0.0462. The molecular formula is C26H38N6O2. The fourth-order valence-electron chi connectivity index (χ4n) is 4.78. The average Bonchev–Trinajstić information content (AvgIpc) is 3.24. The highest BCUT2D eigenvalue weighted by atomic mass is 16.5. The second kappa shape index (κ2) is 10.1. The Morgan fingerprint density at radius 3 is 2.24 bits per heavy atom. The number of oxazole rings is 1. The minimum atomic E-state index is 0.0462. The maximum atomic E-state index is 5.63. The summed E-state index contributed by atoms with van der Waals surface area (Å²) in [5, 5.41) is 12.6. The third kappa shape index (κ3) is 5.73. The Hall–Kier alpha value is -3.00. The molecule has 0 bridgehead atoms. The van der Waals surface area contributed by atoms with Crippen molar-refractivity contribution in [2.75, 3.05) is 19.1 Å². The molecule has 1 aliphatic heterocycles. The quantitative estimate of drug-likeness (QED) is 0.543. The van der Waals surface area contributed by atoms with Crippen LogP contribution in [0.1, 0.15) is 60.1 Å². The van der Waals surface area contributed by atoms with Gasteiger partial charge in [-0.25, -0.2) is 9.97 Å². The number of hydrogen-bond donors (Lipinski definition) is 1. The first-order valence-electron chi connectivity index (χ1n) is 11.9. The maximum absolute atomic E-state index is 5.63. The summed E-state index contributed by atoms with van der Waals surface area (Å²) in [4.78, 5) is 11.1. The first kappa shape index (κ1) is 25.6. The van der Waals surface area contributed by atoms with Gasteiger partial charge >= 0.3 is 0 Å². The van der Waals surface area contributed by atoms with Gasteiger partial charge in [0.05, 0.1) is 19.5 Å². The molecule has 0 atom stereocenters. The number of nitrogens with zero attached hydrogens (tertiary/aromatic N) is 5. The van der Waals surface area contributed by atoms with E-state index in [-0.39, 0.29) is 11.1 Å². The van der Waals surface area contributed by atoms with Crippen molar-refractivity contribution in [3.05, 3.63) is 36.4 Å². The Labute approximate surface area is 203 Å². The molecule has 0 spiro atoms. The molecule has 1 N–H and O–H groups in total. The molecule has 1 saturated heterocycles. The lowest BCUT2D eigenvalue weighted by molar-refractivity contribution is 0.160. The zero-order valence-electron chi connectivity index (χ0n) is 21.9. The standard InChI is InChI=1S/C24H32N6O2.C2H6/c1-15-13-25-21(32-15)16-8-9-18(20(10-16)31-7)19-14-26-22(28-27-19)30(6)17-11-23(2,3)29-24(4,5)12-17;1-2/h8-10,13-14,17,29H,11-12H2,1-7H3;1-2H3. The molecular weight excluding hydrogens is 428 g/mol. The third-order valence-corrected chi connectivity index (χ3v) is 5.93. The normalized spacial score (nSPS) is 17.0. The van der Waals surface area contributed by atoms with E-state index in [1.807, 2.05) is 46.0 Å². The molecule has 2 aromatic heterocycles. The van der Waals surface area contributed by atoms with Crippen LogP contribution in [0.15, 0.2) is 35.0 Å². The molecule has 1 aliphatic rings. The maximum Gasteiger partial charge on any atom is 0.245 e. The molecule has 0 amide bonds. The lowest BCUT2D eigenvalue weighted by Crippen LogP contribution is -2.62. The van der Waals surface area contributed by atoms with E-state index in [2.05, 4.69) is 58.1 Å². The number of rotatable bonds is 5. The number of nitrogens with one attached hydrogen (secondary N) is 1. The topological polar surface area (TPSA) is 89.2 Å². The van der Waals surface area contributed by atoms with E-state index in [9.17, 15) is 0 Å². The summed E-state index contributed by atoms with van der Waals surface area (Å²) < 4.78 is 11.2. The van der Waals surface area contributed by atoms with Gasteiger partial charge in [-0.3, -0.25) is 0 Å². The number of aromatic nitrogens is 4. The van der Waals surface area contributed by atoms with Crippen molar-refractivity contribution in [3.8, 4) is 28.5 Å². The number of anilines is 1. The van der Waals surface area contributed by atoms with Crippen molar-refractivity contribution in [2.24, 2.45) is 0 Å². The number of ether oxygens (including phenoxy) is 1. The van der Waals surface area contributed by atoms with Gasteiger partial charge < -0.3 is 19.4 Å². The highest BCUT2D eigenvalue weighted by molar-refractivity contribution is 5.71. The lowest BCUT2D eigenvalue weighted by Gasteiger charge is -2.48. The van der Waals surface area contributed by atoms with Crippen LogP contribution in [0.2, 0.25) is 0 Å². The summed E-state index contributed by atoms with van der Waals surface area (Å²) in [7, 11) is 3.68. The largest absolute Gasteiger partial charge is 0.496 e. The zero-order chi connectivity index (χ0) is 25.1. The van der Waals surface area contributed by atoms with Crippen molar-refractivity contribution >= 4 is 5.95 Å². The minimum Gasteiger partial charge on any atom is -0.496 e. The van der Waals surface area contributed by atoms with E-state index in [1.165, 1.54) is 0 Å². The van der Waals surface area contributed by atoms with Crippen LogP contribution >= 0.6 is 0 Å². The van der Waals surface area contributed by atoms with Crippen molar-refractivity contribution in [1.29, 1.82) is 0 Å². The molecule has 0 unspecified atom stereocenters. The molecule has 0 saturated carbocycles. The van der Waals surface area contributed by atoms with E-state index < -0.39 is 0 Å². The van der Waals surface area contributed by atoms with Gasteiger partial charge in [0, 0.05) is 35.3 Å². The Morgan fingerprint density at radius 2 is 1.71 bits per heavy atom. The first-order chi connectivity index (χ1) is 16.1. The second-order valence-electron chi connectivity index (χ2n) is 9.90. The fourth-order valence-corrected chi connectivity index (χ4v) is 4.78. The lowest BCUT2D eigenvalue weighted by atomic mass is 9.79. The Morgan fingerprint density at radius 1 is 1.03 bits per heavy atom. The summed E-state index contributed by atoms with van der Waals surface area (Å²) in [5.74, 6) is 2.61. The smallest absolute Gasteiger partial charge is 0.245 e. The van der Waals surface area contributed by atoms with Crippen LogP contribution in [0, 0.1) is 6.92 Å². The molecule has 1 fully saturated rings. The molecule has 3 aromatic rings. The van der Waals surface area contributed by atoms with Gasteiger partial charge in [0.2, 0.25) is 11.8 Å². The van der Waals surface area contributed by atoms with Crippen molar-refractivity contribution in [3.63, 3.8) is 0 Å². The summed E-state index contributed by atoms with van der Waals surface area (Å²) in [5.41, 5.74) is 2.40. The number of piperidine rings is 1. The van der Waals surface area contributed by atoms with E-state index in [0.717, 1.165) is 29.7 Å². The highest BCUT2D eigenvalue weighted by Crippen LogP contribution is 2.34. The third-order valence-electron chi connectivity index (χ3n) is 5.93. The molecule has 8 nitrogen and oxygen atoms in total. The molecule has 4 rings (SSSR count). The van der Waals surface area contributed by atoms with E-state index in [4.69, 9.17) is 9.15 Å². The Bertz CT molecular complexity index is 1070. The van der Waals surface area contributed by atoms with E-state index in [0.29, 0.717) is 29.3 Å². The SMILES string of the molecule is CC.COc1cc(-c2ncc(C)o2)ccc1-c1cnc(N(C)C2CC(C)(C)NC(C)(C)C2)nn1. The fraction of sp³-hybridized carbons (Fsp3) is 0.538. The molecule has 34 heavy (non-hydrogen) atoms. The number of aryl methyl sites for hydroxylation is 1. The van der Waals surface area contributed by atoms with Gasteiger partial charge in [-0.1, -0.05) is 13.8 Å². The van der Waals surface area contributed by atoms with Crippen LogP contribution in [-0.2, 0) is 0 Å². The number of hydrogen-bond acceptors (Lipinski definition) is 8. The molecule has 1 aromatic carbocycles. The van der Waals surface area contributed by atoms with Gasteiger partial charge in [0.25, 0.3) is 0 Å². The molecule has 0 aliphatic carbocycles. The van der Waals surface area contributed by atoms with Gasteiger partial charge in [0.1, 0.15) is 17.2 Å². The predicted molar refractivity (Wildman–Crippen MR) is 136 cm³/mol. The Balaban J connectivity index is 0.00000158. The summed E-state index contributed by atoms with van der Waals surface area (Å²) in [6.45, 7) is 14.8. The number of benzene rings is 1. The monoisotopic (exact) mass is 466 g/mol. The average molecular weight is 467 g/mol. The van der Waals surface area contributed by atoms with Crippen LogP contribution in [0.5, 0.6) is 5.75 Å². The van der Waals surface area contributed by atoms with E-state index in [1.54, 1.807) is 19.5 Å². The molecule has 184 valence electrons. The van der Waals surface area contributed by atoms with Crippen molar-refractivity contribution < 1.29 is 9.15 Å². The Kier molecular flexibility index (Phi) is 7.60. The molecule has 3 heterocycles. The van der Waals surface area contributed by atoms with Gasteiger partial charge in [-0.05, 0) is 65.7 Å². The summed E-state index contributed by atoms with van der Waals surface area (Å²) in [6, 6.07) is 6.08. The second-order valence-corrected chi connectivity index (χ2v) is 9.90. The first-order valence-corrected chi connectivity index (χ1v) is 11.9. The summed E-state index contributed by atoms with van der Waals surface area (Å²) >= 11 is 0. The van der Waals surface area contributed by atoms with Crippen LogP contribution in [0.3, 0.4) is 0 Å². The van der Waals surface area contributed by atoms with Crippen LogP contribution in [-0.4, -0.2) is 51.4 Å². The highest BCUT2D eigenvalue weighted by Gasteiger charge is 2.39. The molecule has 8 heteroatoms. The molecule has 0 radical (unpaired) electrons. The van der Waals surface area contributed by atoms with Crippen LogP contribution < -0.4 is 15.0 Å². The predicted octanol–water partition coefficient (Wildman–Crippen LogP) is 5.28.